The van der Waals surface area contributed by atoms with Gasteiger partial charge in [0.25, 0.3) is 11.8 Å². The van der Waals surface area contributed by atoms with Crippen molar-refractivity contribution in [2.75, 3.05) is 11.9 Å². The fraction of sp³-hybridized carbons (Fsp3) is 0.174. The van der Waals surface area contributed by atoms with Crippen molar-refractivity contribution in [2.24, 2.45) is 0 Å². The van der Waals surface area contributed by atoms with Gasteiger partial charge in [-0.3, -0.25) is 24.1 Å². The first-order chi connectivity index (χ1) is 15.3. The van der Waals surface area contributed by atoms with Gasteiger partial charge in [-0.2, -0.15) is 0 Å². The molecule has 0 bridgehead atoms. The topological polar surface area (TPSA) is 132 Å². The number of aromatic amines is 2. The minimum atomic E-state index is -0.448. The molecule has 3 amide bonds. The zero-order chi connectivity index (χ0) is 22.8. The lowest BCUT2D eigenvalue weighted by molar-refractivity contribution is -0.116. The maximum Gasteiger partial charge on any atom is 0.323 e. The lowest BCUT2D eigenvalue weighted by Gasteiger charge is -2.13. The van der Waals surface area contributed by atoms with Crippen LogP contribution in [-0.2, 0) is 4.79 Å². The Balaban J connectivity index is 1.30. The summed E-state index contributed by atoms with van der Waals surface area (Å²) in [4.78, 5) is 66.9. The summed E-state index contributed by atoms with van der Waals surface area (Å²) in [6.07, 6.45) is 0.450. The van der Waals surface area contributed by atoms with Crippen LogP contribution in [-0.4, -0.2) is 44.9 Å². The zero-order valence-electron chi connectivity index (χ0n) is 17.2. The molecule has 3 aromatic rings. The standard InChI is InChI=1S/C23H20N4O5/c1-13-19(26-23(32)24-13)20(29)14-8-10-15(11-9-14)25-18(28)7-4-12-27-21(30)16-5-2-3-6-17(16)22(27)31/h2-3,5-6,8-11H,4,7,12H2,1H3,(H,25,28)(H2,24,26,32). The lowest BCUT2D eigenvalue weighted by Crippen LogP contribution is -2.31. The molecule has 1 aromatic heterocycles. The van der Waals surface area contributed by atoms with E-state index in [0.717, 1.165) is 4.90 Å². The number of carbonyl (C=O) groups excluding carboxylic acids is 4. The fourth-order valence-corrected chi connectivity index (χ4v) is 3.61. The second kappa shape index (κ2) is 8.46. The third-order valence-electron chi connectivity index (χ3n) is 5.24. The number of benzene rings is 2. The summed E-state index contributed by atoms with van der Waals surface area (Å²) >= 11 is 0. The largest absolute Gasteiger partial charge is 0.326 e. The summed E-state index contributed by atoms with van der Waals surface area (Å²) in [5.41, 5.74) is 1.84. The van der Waals surface area contributed by atoms with E-state index < -0.39 is 5.69 Å². The van der Waals surface area contributed by atoms with Crippen LogP contribution in [0.4, 0.5) is 5.69 Å². The molecule has 2 aromatic carbocycles. The summed E-state index contributed by atoms with van der Waals surface area (Å²) in [5.74, 6) is -1.29. The normalized spacial score (nSPS) is 12.7. The quantitative estimate of drug-likeness (QED) is 0.389. The number of aromatic nitrogens is 2. The maximum absolute atomic E-state index is 12.5. The van der Waals surface area contributed by atoms with Crippen molar-refractivity contribution < 1.29 is 19.2 Å². The number of ketones is 1. The summed E-state index contributed by atoms with van der Waals surface area (Å²) < 4.78 is 0. The Morgan fingerprint density at radius 3 is 2.09 bits per heavy atom. The van der Waals surface area contributed by atoms with Crippen LogP contribution in [0, 0.1) is 6.92 Å². The Kier molecular flexibility index (Phi) is 5.55. The van der Waals surface area contributed by atoms with Gasteiger partial charge in [0.2, 0.25) is 11.7 Å². The van der Waals surface area contributed by atoms with Crippen LogP contribution in [0.1, 0.15) is 55.3 Å². The van der Waals surface area contributed by atoms with Crippen LogP contribution in [0.25, 0.3) is 0 Å². The van der Waals surface area contributed by atoms with Gasteiger partial charge in [0, 0.05) is 29.9 Å². The number of hydrogen-bond acceptors (Lipinski definition) is 5. The molecule has 162 valence electrons. The smallest absolute Gasteiger partial charge is 0.323 e. The zero-order valence-corrected chi connectivity index (χ0v) is 17.2. The minimum Gasteiger partial charge on any atom is -0.326 e. The molecule has 2 heterocycles. The first kappa shape index (κ1) is 21.0. The van der Waals surface area contributed by atoms with Crippen molar-refractivity contribution in [3.8, 4) is 0 Å². The van der Waals surface area contributed by atoms with Gasteiger partial charge in [0.15, 0.2) is 0 Å². The van der Waals surface area contributed by atoms with Crippen LogP contribution >= 0.6 is 0 Å². The van der Waals surface area contributed by atoms with Gasteiger partial charge in [-0.05, 0) is 49.7 Å². The third-order valence-corrected chi connectivity index (χ3v) is 5.24. The molecule has 0 saturated heterocycles. The van der Waals surface area contributed by atoms with Crippen LogP contribution in [0.3, 0.4) is 0 Å². The number of nitrogens with zero attached hydrogens (tertiary/aromatic N) is 1. The first-order valence-corrected chi connectivity index (χ1v) is 10.0. The number of imide groups is 1. The van der Waals surface area contributed by atoms with E-state index in [0.29, 0.717) is 34.5 Å². The molecule has 1 aliphatic heterocycles. The van der Waals surface area contributed by atoms with Gasteiger partial charge in [-0.15, -0.1) is 0 Å². The number of H-pyrrole nitrogens is 2. The van der Waals surface area contributed by atoms with Crippen LogP contribution in [0.15, 0.2) is 53.3 Å². The monoisotopic (exact) mass is 432 g/mol. The molecule has 0 radical (unpaired) electrons. The second-order valence-electron chi connectivity index (χ2n) is 7.44. The third kappa shape index (κ3) is 4.00. The highest BCUT2D eigenvalue weighted by molar-refractivity contribution is 6.21. The Morgan fingerprint density at radius 2 is 1.53 bits per heavy atom. The van der Waals surface area contributed by atoms with E-state index in [-0.39, 0.29) is 42.2 Å². The summed E-state index contributed by atoms with van der Waals surface area (Å²) in [5, 5.41) is 2.73. The lowest BCUT2D eigenvalue weighted by atomic mass is 10.1. The molecule has 0 fully saturated rings. The van der Waals surface area contributed by atoms with Crippen molar-refractivity contribution in [2.45, 2.75) is 19.8 Å². The van der Waals surface area contributed by atoms with Crippen molar-refractivity contribution in [1.82, 2.24) is 14.9 Å². The van der Waals surface area contributed by atoms with Gasteiger partial charge in [0.05, 0.1) is 11.1 Å². The van der Waals surface area contributed by atoms with E-state index in [4.69, 9.17) is 0 Å². The first-order valence-electron chi connectivity index (χ1n) is 10.0. The molecule has 4 rings (SSSR count). The van der Waals surface area contributed by atoms with Crippen molar-refractivity contribution in [3.63, 3.8) is 0 Å². The molecule has 0 aliphatic carbocycles. The van der Waals surface area contributed by atoms with Gasteiger partial charge in [-0.25, -0.2) is 4.79 Å². The molecule has 0 saturated carbocycles. The van der Waals surface area contributed by atoms with Crippen LogP contribution in [0.2, 0.25) is 0 Å². The molecule has 9 nitrogen and oxygen atoms in total. The van der Waals surface area contributed by atoms with Gasteiger partial charge >= 0.3 is 5.69 Å². The van der Waals surface area contributed by atoms with Gasteiger partial charge in [0.1, 0.15) is 5.69 Å². The number of aryl methyl sites for hydroxylation is 1. The predicted molar refractivity (Wildman–Crippen MR) is 116 cm³/mol. The SMILES string of the molecule is Cc1[nH]c(=O)[nH]c1C(=O)c1ccc(NC(=O)CCCN2C(=O)c3ccccc3C2=O)cc1. The number of imidazole rings is 1. The molecular weight excluding hydrogens is 412 g/mol. The van der Waals surface area contributed by atoms with Crippen molar-refractivity contribution >= 4 is 29.2 Å². The molecule has 9 heteroatoms. The maximum atomic E-state index is 12.5. The average molecular weight is 432 g/mol. The van der Waals surface area contributed by atoms with E-state index in [1.165, 1.54) is 0 Å². The van der Waals surface area contributed by atoms with Crippen molar-refractivity contribution in [3.05, 3.63) is 87.1 Å². The minimum absolute atomic E-state index is 0.123. The van der Waals surface area contributed by atoms with E-state index in [2.05, 4.69) is 15.3 Å². The van der Waals surface area contributed by atoms with Crippen LogP contribution in [0.5, 0.6) is 0 Å². The Bertz CT molecular complexity index is 1250. The second-order valence-corrected chi connectivity index (χ2v) is 7.44. The molecule has 0 spiro atoms. The van der Waals surface area contributed by atoms with E-state index in [1.807, 2.05) is 0 Å². The number of carbonyl (C=O) groups is 4. The highest BCUT2D eigenvalue weighted by Crippen LogP contribution is 2.22. The van der Waals surface area contributed by atoms with E-state index in [1.54, 1.807) is 55.5 Å². The summed E-state index contributed by atoms with van der Waals surface area (Å²) in [6.45, 7) is 1.78. The highest BCUT2D eigenvalue weighted by Gasteiger charge is 2.34. The van der Waals surface area contributed by atoms with Crippen molar-refractivity contribution in [1.29, 1.82) is 0 Å². The summed E-state index contributed by atoms with van der Waals surface area (Å²) in [7, 11) is 0. The molecule has 0 unspecified atom stereocenters. The predicted octanol–water partition coefficient (Wildman–Crippen LogP) is 2.26. The van der Waals surface area contributed by atoms with Gasteiger partial charge in [-0.1, -0.05) is 12.1 Å². The Hall–Kier alpha value is -4.27. The van der Waals surface area contributed by atoms with E-state index in [9.17, 15) is 24.0 Å². The Morgan fingerprint density at radius 1 is 0.906 bits per heavy atom. The molecule has 3 N–H and O–H groups in total. The molecule has 32 heavy (non-hydrogen) atoms. The fourth-order valence-electron chi connectivity index (χ4n) is 3.61. The number of hydrogen-bond donors (Lipinski definition) is 3. The van der Waals surface area contributed by atoms with Crippen LogP contribution < -0.4 is 11.0 Å². The van der Waals surface area contributed by atoms with E-state index >= 15 is 0 Å². The number of amides is 3. The van der Waals surface area contributed by atoms with Gasteiger partial charge < -0.3 is 15.3 Å². The molecule has 0 atom stereocenters. The molecular formula is C23H20N4O5. The number of fused-ring (bicyclic) bond motifs is 1. The highest BCUT2D eigenvalue weighted by atomic mass is 16.2. The molecule has 1 aliphatic rings. The average Bonchev–Trinajstić information content (AvgIpc) is 3.24. The Labute approximate surface area is 182 Å². The number of rotatable bonds is 7. The summed E-state index contributed by atoms with van der Waals surface area (Å²) in [6, 6.07) is 12.9. The number of nitrogens with one attached hydrogen (secondary N) is 3. The number of anilines is 1.